The van der Waals surface area contributed by atoms with Gasteiger partial charge in [-0.1, -0.05) is 29.4 Å². The highest BCUT2D eigenvalue weighted by Gasteiger charge is 2.17. The van der Waals surface area contributed by atoms with E-state index in [0.717, 1.165) is 10.9 Å². The molecule has 2 heterocycles. The van der Waals surface area contributed by atoms with E-state index < -0.39 is 5.97 Å². The lowest BCUT2D eigenvalue weighted by Crippen LogP contribution is -2.04. The minimum absolute atomic E-state index is 0.170. The maximum Gasteiger partial charge on any atom is 0.397 e. The van der Waals surface area contributed by atoms with Crippen LogP contribution < -0.4 is 0 Å². The Labute approximate surface area is 114 Å². The van der Waals surface area contributed by atoms with E-state index in [9.17, 15) is 4.79 Å². The van der Waals surface area contributed by atoms with Crippen molar-refractivity contribution in [3.8, 4) is 11.5 Å². The number of esters is 1. The summed E-state index contributed by atoms with van der Waals surface area (Å²) in [5.41, 5.74) is 1.37. The van der Waals surface area contributed by atoms with E-state index in [0.29, 0.717) is 5.69 Å². The molecule has 1 aromatic carbocycles. The third kappa shape index (κ3) is 2.23. The van der Waals surface area contributed by atoms with Crippen LogP contribution in [0, 0.1) is 0 Å². The van der Waals surface area contributed by atoms with E-state index in [2.05, 4.69) is 15.1 Å². The van der Waals surface area contributed by atoms with E-state index >= 15 is 0 Å². The first-order valence-corrected chi connectivity index (χ1v) is 6.15. The lowest BCUT2D eigenvalue weighted by molar-refractivity contribution is 0.0470. The van der Waals surface area contributed by atoms with Gasteiger partial charge in [-0.3, -0.25) is 0 Å². The van der Waals surface area contributed by atoms with E-state index in [1.807, 2.05) is 30.3 Å². The molecular weight excluding hydrogens is 258 g/mol. The fraction of sp³-hybridized carbons (Fsp3) is 0.143. The normalized spacial score (nSPS) is 10.7. The molecule has 6 heteroatoms. The topological polar surface area (TPSA) is 78.1 Å². The molecule has 3 aromatic rings. The summed E-state index contributed by atoms with van der Waals surface area (Å²) in [5.74, 6) is -0.539. The van der Waals surface area contributed by atoms with Crippen LogP contribution in [-0.4, -0.2) is 27.7 Å². The fourth-order valence-corrected chi connectivity index (χ4v) is 1.79. The number of ether oxygens (including phenoxy) is 1. The third-order valence-corrected chi connectivity index (χ3v) is 2.70. The lowest BCUT2D eigenvalue weighted by atomic mass is 10.2. The van der Waals surface area contributed by atoms with Crippen molar-refractivity contribution in [2.75, 3.05) is 6.61 Å². The second kappa shape index (κ2) is 5.08. The Bertz CT molecular complexity index is 767. The molecule has 0 amide bonds. The number of carbonyl (C=O) groups excluding carboxylic acids is 1. The summed E-state index contributed by atoms with van der Waals surface area (Å²) in [6, 6.07) is 11.4. The van der Waals surface area contributed by atoms with Crippen LogP contribution in [0.4, 0.5) is 0 Å². The van der Waals surface area contributed by atoms with Crippen LogP contribution in [0.2, 0.25) is 0 Å². The van der Waals surface area contributed by atoms with Crippen LogP contribution in [0.1, 0.15) is 17.6 Å². The van der Waals surface area contributed by atoms with Crippen molar-refractivity contribution >= 4 is 16.9 Å². The first-order valence-electron chi connectivity index (χ1n) is 6.15. The number of fused-ring (bicyclic) bond motifs is 1. The van der Waals surface area contributed by atoms with E-state index in [4.69, 9.17) is 9.26 Å². The molecule has 0 saturated heterocycles. The van der Waals surface area contributed by atoms with Gasteiger partial charge in [0.15, 0.2) is 0 Å². The molecule has 0 unspecified atom stereocenters. The average Bonchev–Trinajstić information content (AvgIpc) is 2.97. The minimum Gasteiger partial charge on any atom is -0.459 e. The van der Waals surface area contributed by atoms with Crippen LogP contribution >= 0.6 is 0 Å². The Morgan fingerprint density at radius 3 is 2.90 bits per heavy atom. The fourth-order valence-electron chi connectivity index (χ4n) is 1.79. The van der Waals surface area contributed by atoms with Crippen molar-refractivity contribution in [3.05, 3.63) is 42.3 Å². The number of pyridine rings is 1. The lowest BCUT2D eigenvalue weighted by Gasteiger charge is -1.98. The molecular formula is C14H11N3O3. The number of rotatable bonds is 3. The van der Waals surface area contributed by atoms with Gasteiger partial charge in [-0.15, -0.1) is 0 Å². The van der Waals surface area contributed by atoms with Crippen molar-refractivity contribution in [1.82, 2.24) is 15.1 Å². The zero-order valence-electron chi connectivity index (χ0n) is 10.7. The SMILES string of the molecule is CCOC(=O)c1nc(-c2ccc3ccccc3n2)no1. The Kier molecular flexibility index (Phi) is 3.12. The maximum atomic E-state index is 11.5. The van der Waals surface area contributed by atoms with Crippen molar-refractivity contribution in [2.24, 2.45) is 0 Å². The van der Waals surface area contributed by atoms with Crippen LogP contribution in [-0.2, 0) is 4.74 Å². The molecule has 2 aromatic heterocycles. The van der Waals surface area contributed by atoms with Gasteiger partial charge in [0.1, 0.15) is 5.69 Å². The standard InChI is InChI=1S/C14H11N3O3/c1-2-19-14(18)13-16-12(17-20-13)11-8-7-9-5-3-4-6-10(9)15-11/h3-8H,2H2,1H3. The van der Waals surface area contributed by atoms with Gasteiger partial charge in [-0.2, -0.15) is 4.98 Å². The molecule has 0 aliphatic carbocycles. The number of nitrogens with zero attached hydrogens (tertiary/aromatic N) is 3. The van der Waals surface area contributed by atoms with Crippen molar-refractivity contribution in [2.45, 2.75) is 6.92 Å². The minimum atomic E-state index is -0.632. The molecule has 6 nitrogen and oxygen atoms in total. The molecule has 0 N–H and O–H groups in total. The Balaban J connectivity index is 1.96. The number of aromatic nitrogens is 3. The number of para-hydroxylation sites is 1. The number of benzene rings is 1. The highest BCUT2D eigenvalue weighted by molar-refractivity contribution is 5.85. The Morgan fingerprint density at radius 1 is 1.20 bits per heavy atom. The Morgan fingerprint density at radius 2 is 2.05 bits per heavy atom. The molecule has 0 radical (unpaired) electrons. The molecule has 0 bridgehead atoms. The summed E-state index contributed by atoms with van der Waals surface area (Å²) in [6.45, 7) is 1.96. The summed E-state index contributed by atoms with van der Waals surface area (Å²) >= 11 is 0. The molecule has 0 atom stereocenters. The predicted octanol–water partition coefficient (Wildman–Crippen LogP) is 2.46. The quantitative estimate of drug-likeness (QED) is 0.679. The van der Waals surface area contributed by atoms with Gasteiger partial charge in [0.2, 0.25) is 5.82 Å². The Hall–Kier alpha value is -2.76. The van der Waals surface area contributed by atoms with Crippen molar-refractivity contribution in [1.29, 1.82) is 0 Å². The van der Waals surface area contributed by atoms with Gasteiger partial charge in [0, 0.05) is 5.39 Å². The number of carbonyl (C=O) groups is 1. The smallest absolute Gasteiger partial charge is 0.397 e. The van der Waals surface area contributed by atoms with E-state index in [1.54, 1.807) is 13.0 Å². The largest absolute Gasteiger partial charge is 0.459 e. The first-order chi connectivity index (χ1) is 9.78. The molecule has 0 fully saturated rings. The third-order valence-electron chi connectivity index (χ3n) is 2.70. The predicted molar refractivity (Wildman–Crippen MR) is 71.0 cm³/mol. The molecule has 20 heavy (non-hydrogen) atoms. The highest BCUT2D eigenvalue weighted by atomic mass is 16.6. The average molecular weight is 269 g/mol. The summed E-state index contributed by atoms with van der Waals surface area (Å²) < 4.78 is 9.66. The second-order valence-corrected chi connectivity index (χ2v) is 4.03. The number of hydrogen-bond donors (Lipinski definition) is 0. The summed E-state index contributed by atoms with van der Waals surface area (Å²) in [6.07, 6.45) is 0. The molecule has 0 spiro atoms. The van der Waals surface area contributed by atoms with Gasteiger partial charge >= 0.3 is 11.9 Å². The maximum absolute atomic E-state index is 11.5. The van der Waals surface area contributed by atoms with Gasteiger partial charge in [0.05, 0.1) is 12.1 Å². The van der Waals surface area contributed by atoms with Crippen LogP contribution in [0.15, 0.2) is 40.9 Å². The molecule has 0 saturated carbocycles. The molecule has 3 rings (SSSR count). The van der Waals surface area contributed by atoms with Crippen LogP contribution in [0.3, 0.4) is 0 Å². The van der Waals surface area contributed by atoms with Gasteiger partial charge in [-0.05, 0) is 19.1 Å². The van der Waals surface area contributed by atoms with Crippen LogP contribution in [0.25, 0.3) is 22.4 Å². The molecule has 0 aliphatic heterocycles. The van der Waals surface area contributed by atoms with Gasteiger partial charge in [-0.25, -0.2) is 9.78 Å². The van der Waals surface area contributed by atoms with Gasteiger partial charge < -0.3 is 9.26 Å². The zero-order chi connectivity index (χ0) is 13.9. The first kappa shape index (κ1) is 12.3. The van der Waals surface area contributed by atoms with Crippen LogP contribution in [0.5, 0.6) is 0 Å². The second-order valence-electron chi connectivity index (χ2n) is 4.03. The molecule has 100 valence electrons. The summed E-state index contributed by atoms with van der Waals surface area (Å²) in [4.78, 5) is 19.9. The van der Waals surface area contributed by atoms with E-state index in [1.165, 1.54) is 0 Å². The van der Waals surface area contributed by atoms with Crippen molar-refractivity contribution in [3.63, 3.8) is 0 Å². The summed E-state index contributed by atoms with van der Waals surface area (Å²) in [7, 11) is 0. The van der Waals surface area contributed by atoms with Gasteiger partial charge in [0.25, 0.3) is 0 Å². The summed E-state index contributed by atoms with van der Waals surface area (Å²) in [5, 5.41) is 4.77. The monoisotopic (exact) mass is 269 g/mol. The van der Waals surface area contributed by atoms with E-state index in [-0.39, 0.29) is 18.3 Å². The zero-order valence-corrected chi connectivity index (χ0v) is 10.7. The van der Waals surface area contributed by atoms with Crippen molar-refractivity contribution < 1.29 is 14.1 Å². The highest BCUT2D eigenvalue weighted by Crippen LogP contribution is 2.18. The number of hydrogen-bond acceptors (Lipinski definition) is 6. The molecule has 0 aliphatic rings.